The molecule has 1 unspecified atom stereocenters. The summed E-state index contributed by atoms with van der Waals surface area (Å²) in [6.45, 7) is 28.4. The number of hydrogen-bond donors (Lipinski definition) is 1. The van der Waals surface area contributed by atoms with E-state index in [1.54, 1.807) is 0 Å². The third-order valence-corrected chi connectivity index (χ3v) is 6.21. The van der Waals surface area contributed by atoms with Gasteiger partial charge in [-0.1, -0.05) is 111 Å². The minimum absolute atomic E-state index is 0.616. The van der Waals surface area contributed by atoms with Gasteiger partial charge in [-0.3, -0.25) is 0 Å². The molecule has 2 rings (SSSR count). The van der Waals surface area contributed by atoms with E-state index in [1.807, 2.05) is 26.8 Å². The van der Waals surface area contributed by atoms with Gasteiger partial charge in [0.2, 0.25) is 0 Å². The number of aryl methyl sites for hydroxylation is 1. The molecule has 0 heterocycles. The Balaban J connectivity index is 0. The molecule has 0 aliphatic heterocycles. The largest absolute Gasteiger partial charge is 0.404 e. The van der Waals surface area contributed by atoms with Gasteiger partial charge in [-0.2, -0.15) is 0 Å². The van der Waals surface area contributed by atoms with E-state index in [0.717, 1.165) is 34.5 Å². The van der Waals surface area contributed by atoms with Gasteiger partial charge in [0.15, 0.2) is 0 Å². The van der Waals surface area contributed by atoms with Crippen molar-refractivity contribution >= 4 is 5.57 Å². The van der Waals surface area contributed by atoms with Crippen LogP contribution in [0.3, 0.4) is 0 Å². The van der Waals surface area contributed by atoms with Crippen molar-refractivity contribution in [3.8, 4) is 12.3 Å². The van der Waals surface area contributed by atoms with Crippen molar-refractivity contribution in [1.29, 1.82) is 0 Å². The number of terminal acetylenes is 1. The zero-order chi connectivity index (χ0) is 26.9. The Kier molecular flexibility index (Phi) is 18.2. The summed E-state index contributed by atoms with van der Waals surface area (Å²) in [5, 5.41) is 0. The predicted molar refractivity (Wildman–Crippen MR) is 158 cm³/mol. The molecular formula is C33H55N. The van der Waals surface area contributed by atoms with Crippen LogP contribution in [0.2, 0.25) is 0 Å². The van der Waals surface area contributed by atoms with Gasteiger partial charge < -0.3 is 5.73 Å². The van der Waals surface area contributed by atoms with Crippen molar-refractivity contribution in [2.75, 3.05) is 0 Å². The second kappa shape index (κ2) is 18.2. The highest BCUT2D eigenvalue weighted by atomic mass is 14.5. The minimum Gasteiger partial charge on any atom is -0.404 e. The van der Waals surface area contributed by atoms with E-state index in [1.165, 1.54) is 37.4 Å². The first-order chi connectivity index (χ1) is 15.9. The zero-order valence-electron chi connectivity index (χ0n) is 24.4. The highest BCUT2D eigenvalue weighted by molar-refractivity contribution is 5.77. The molecule has 1 aliphatic carbocycles. The van der Waals surface area contributed by atoms with Crippen LogP contribution in [0.1, 0.15) is 106 Å². The van der Waals surface area contributed by atoms with Crippen molar-refractivity contribution in [2.24, 2.45) is 28.9 Å². The Morgan fingerprint density at radius 1 is 1.21 bits per heavy atom. The first-order valence-electron chi connectivity index (χ1n) is 13.2. The molecular weight excluding hydrogens is 410 g/mol. The van der Waals surface area contributed by atoms with Gasteiger partial charge in [0.25, 0.3) is 0 Å². The Morgan fingerprint density at radius 2 is 1.71 bits per heavy atom. The molecule has 1 aliphatic rings. The monoisotopic (exact) mass is 465 g/mol. The first kappa shape index (κ1) is 34.0. The predicted octanol–water partition coefficient (Wildman–Crippen LogP) is 9.98. The Morgan fingerprint density at radius 3 is 2.09 bits per heavy atom. The zero-order valence-corrected chi connectivity index (χ0v) is 24.4. The first-order valence-corrected chi connectivity index (χ1v) is 13.2. The molecule has 0 aromatic heterocycles. The average Bonchev–Trinajstić information content (AvgIpc) is 2.78. The van der Waals surface area contributed by atoms with Crippen LogP contribution in [-0.4, -0.2) is 0 Å². The highest BCUT2D eigenvalue weighted by Crippen LogP contribution is 2.44. The smallest absolute Gasteiger partial charge is 0.0400 e. The molecule has 1 aromatic carbocycles. The molecule has 2 N–H and O–H groups in total. The molecule has 0 spiro atoms. The lowest BCUT2D eigenvalue weighted by Crippen LogP contribution is -2.30. The fourth-order valence-corrected chi connectivity index (χ4v) is 4.40. The molecule has 2 atom stereocenters. The second-order valence-corrected chi connectivity index (χ2v) is 10.4. The summed E-state index contributed by atoms with van der Waals surface area (Å²) >= 11 is 0. The van der Waals surface area contributed by atoms with Crippen molar-refractivity contribution < 1.29 is 0 Å². The third-order valence-electron chi connectivity index (χ3n) is 6.21. The molecule has 1 saturated carbocycles. The number of allylic oxidation sites excluding steroid dienone is 4. The van der Waals surface area contributed by atoms with E-state index in [-0.39, 0.29) is 0 Å². The fourth-order valence-electron chi connectivity index (χ4n) is 4.40. The van der Waals surface area contributed by atoms with Crippen molar-refractivity contribution in [3.05, 3.63) is 65.4 Å². The van der Waals surface area contributed by atoms with Crippen LogP contribution in [-0.2, 0) is 0 Å². The Bertz CT molecular complexity index is 781. The molecule has 1 heteroatoms. The molecule has 192 valence electrons. The summed E-state index contributed by atoms with van der Waals surface area (Å²) in [6.07, 6.45) is 14.2. The standard InChI is InChI=1S/C16H17N.C12H24.C3H8.C2H6/c1-5-15(11-17)10-13(3)14(4)16-8-6-12(2)7-9-16;1-9(2)11-6-7-12(4,5)8-10(11)3;1-3-2;1-2/h1,6-11H,4,17H2,2-3H3;9-11H,6-8H2,1-5H3;3H2,1-2H3;1-2H3/b13-10-,15-11-;;;/t;10-,11?;;/m.0../s1. The van der Waals surface area contributed by atoms with Crippen LogP contribution in [0.15, 0.2) is 54.3 Å². The van der Waals surface area contributed by atoms with E-state index < -0.39 is 0 Å². The lowest BCUT2D eigenvalue weighted by molar-refractivity contribution is 0.0996. The second-order valence-electron chi connectivity index (χ2n) is 10.4. The van der Waals surface area contributed by atoms with E-state index in [9.17, 15) is 0 Å². The van der Waals surface area contributed by atoms with Crippen LogP contribution >= 0.6 is 0 Å². The number of benzene rings is 1. The molecule has 0 radical (unpaired) electrons. The van der Waals surface area contributed by atoms with Gasteiger partial charge in [0, 0.05) is 11.8 Å². The number of rotatable bonds is 4. The molecule has 0 saturated heterocycles. The van der Waals surface area contributed by atoms with E-state index >= 15 is 0 Å². The molecule has 0 bridgehead atoms. The Hall–Kier alpha value is -2.20. The normalized spacial score (nSPS) is 19.3. The van der Waals surface area contributed by atoms with Crippen molar-refractivity contribution in [2.45, 2.75) is 102 Å². The maximum absolute atomic E-state index is 5.41. The van der Waals surface area contributed by atoms with Gasteiger partial charge in [0.05, 0.1) is 0 Å². The average molecular weight is 466 g/mol. The maximum Gasteiger partial charge on any atom is 0.0400 e. The number of hydrogen-bond acceptors (Lipinski definition) is 1. The maximum atomic E-state index is 5.41. The van der Waals surface area contributed by atoms with E-state index in [2.05, 4.69) is 92.2 Å². The molecule has 1 nitrogen and oxygen atoms in total. The topological polar surface area (TPSA) is 26.0 Å². The van der Waals surface area contributed by atoms with E-state index in [0.29, 0.717) is 11.0 Å². The quantitative estimate of drug-likeness (QED) is 0.347. The van der Waals surface area contributed by atoms with Gasteiger partial charge in [0.1, 0.15) is 0 Å². The SMILES string of the molecule is C#CC(/C=C(/C)C(=C)c1ccc(C)cc1)=C/N.CC.CC(C)C1CCC(C)(C)C[C@@H]1C.CCC. The summed E-state index contributed by atoms with van der Waals surface area (Å²) in [5.74, 6) is 5.32. The van der Waals surface area contributed by atoms with Crippen molar-refractivity contribution in [1.82, 2.24) is 0 Å². The summed E-state index contributed by atoms with van der Waals surface area (Å²) in [7, 11) is 0. The van der Waals surface area contributed by atoms with Gasteiger partial charge in [-0.25, -0.2) is 0 Å². The molecule has 1 aromatic rings. The van der Waals surface area contributed by atoms with Crippen LogP contribution < -0.4 is 5.73 Å². The number of nitrogens with two attached hydrogens (primary N) is 1. The lowest BCUT2D eigenvalue weighted by Gasteiger charge is -2.41. The van der Waals surface area contributed by atoms with Gasteiger partial charge in [-0.15, -0.1) is 6.42 Å². The summed E-state index contributed by atoms with van der Waals surface area (Å²) in [4.78, 5) is 0. The highest BCUT2D eigenvalue weighted by Gasteiger charge is 2.33. The van der Waals surface area contributed by atoms with Crippen LogP contribution in [0.5, 0.6) is 0 Å². The van der Waals surface area contributed by atoms with E-state index in [4.69, 9.17) is 12.2 Å². The Labute approximate surface area is 214 Å². The summed E-state index contributed by atoms with van der Waals surface area (Å²) in [6, 6.07) is 8.23. The van der Waals surface area contributed by atoms with Crippen LogP contribution in [0.25, 0.3) is 5.57 Å². The van der Waals surface area contributed by atoms with Gasteiger partial charge in [-0.05, 0) is 79.1 Å². The molecule has 34 heavy (non-hydrogen) atoms. The third kappa shape index (κ3) is 13.5. The van der Waals surface area contributed by atoms with Gasteiger partial charge >= 0.3 is 0 Å². The molecule has 0 amide bonds. The summed E-state index contributed by atoms with van der Waals surface area (Å²) < 4.78 is 0. The van der Waals surface area contributed by atoms with Crippen LogP contribution in [0, 0.1) is 42.4 Å². The molecule has 1 fully saturated rings. The summed E-state index contributed by atoms with van der Waals surface area (Å²) in [5.41, 5.74) is 11.0. The fraction of sp³-hybridized carbons (Fsp3) is 0.576. The lowest BCUT2D eigenvalue weighted by atomic mass is 9.65. The van der Waals surface area contributed by atoms with Crippen LogP contribution in [0.4, 0.5) is 0 Å². The minimum atomic E-state index is 0.616. The van der Waals surface area contributed by atoms with Crippen molar-refractivity contribution in [3.63, 3.8) is 0 Å².